The van der Waals surface area contributed by atoms with Crippen molar-refractivity contribution >= 4 is 11.6 Å². The van der Waals surface area contributed by atoms with Gasteiger partial charge in [-0.15, -0.1) is 0 Å². The summed E-state index contributed by atoms with van der Waals surface area (Å²) in [5.74, 6) is -0.00393. The molecular weight excluding hydrogens is 226 g/mol. The number of anilines is 1. The van der Waals surface area contributed by atoms with E-state index in [0.29, 0.717) is 12.1 Å². The van der Waals surface area contributed by atoms with E-state index >= 15 is 0 Å². The Hall–Kier alpha value is -1.55. The third kappa shape index (κ3) is 3.01. The molecule has 1 amide bonds. The van der Waals surface area contributed by atoms with Crippen LogP contribution in [0, 0.1) is 0 Å². The Morgan fingerprint density at radius 1 is 1.17 bits per heavy atom. The number of likely N-dealkylation sites (N-methyl/N-ethyl adjacent to an activating group) is 1. The first-order valence-corrected chi connectivity index (χ1v) is 6.05. The molecule has 4 nitrogen and oxygen atoms in total. The van der Waals surface area contributed by atoms with Gasteiger partial charge in [-0.1, -0.05) is 0 Å². The summed E-state index contributed by atoms with van der Waals surface area (Å²) in [6, 6.07) is 7.58. The largest absolute Gasteiger partial charge is 0.378 e. The number of benzene rings is 1. The van der Waals surface area contributed by atoms with E-state index < -0.39 is 0 Å². The molecule has 0 atom stereocenters. The van der Waals surface area contributed by atoms with Gasteiger partial charge in [-0.2, -0.15) is 0 Å². The maximum absolute atomic E-state index is 12.3. The van der Waals surface area contributed by atoms with Crippen LogP contribution in [0.25, 0.3) is 0 Å². The van der Waals surface area contributed by atoms with E-state index in [1.54, 1.807) is 11.9 Å². The first kappa shape index (κ1) is 14.5. The molecule has 0 heterocycles. The molecule has 0 aromatic heterocycles. The molecule has 0 aliphatic heterocycles. The Kier molecular flexibility index (Phi) is 4.35. The number of carbonyl (C=O) groups excluding carboxylic acids is 1. The number of nitrogens with zero attached hydrogens (tertiary/aromatic N) is 2. The topological polar surface area (TPSA) is 49.6 Å². The van der Waals surface area contributed by atoms with E-state index in [1.165, 1.54) is 0 Å². The fourth-order valence-electron chi connectivity index (χ4n) is 1.51. The van der Waals surface area contributed by atoms with E-state index in [1.807, 2.05) is 57.1 Å². The quantitative estimate of drug-likeness (QED) is 0.881. The molecule has 100 valence electrons. The van der Waals surface area contributed by atoms with Gasteiger partial charge in [0.15, 0.2) is 0 Å². The van der Waals surface area contributed by atoms with E-state index in [9.17, 15) is 4.79 Å². The summed E-state index contributed by atoms with van der Waals surface area (Å²) < 4.78 is 0. The zero-order chi connectivity index (χ0) is 13.9. The minimum Gasteiger partial charge on any atom is -0.378 e. The smallest absolute Gasteiger partial charge is 0.254 e. The molecule has 1 aromatic rings. The van der Waals surface area contributed by atoms with Crippen LogP contribution in [-0.4, -0.2) is 44.0 Å². The normalized spacial score (nSPS) is 11.2. The van der Waals surface area contributed by atoms with Crippen LogP contribution in [0.4, 0.5) is 5.69 Å². The van der Waals surface area contributed by atoms with Crippen molar-refractivity contribution in [3.63, 3.8) is 0 Å². The highest BCUT2D eigenvalue weighted by atomic mass is 16.2. The van der Waals surface area contributed by atoms with Gasteiger partial charge in [0.1, 0.15) is 0 Å². The van der Waals surface area contributed by atoms with Gasteiger partial charge in [0, 0.05) is 44.5 Å². The number of carbonyl (C=O) groups is 1. The Labute approximate surface area is 109 Å². The van der Waals surface area contributed by atoms with E-state index in [4.69, 9.17) is 5.73 Å². The average molecular weight is 249 g/mol. The van der Waals surface area contributed by atoms with E-state index in [2.05, 4.69) is 0 Å². The second-order valence-electron chi connectivity index (χ2n) is 5.32. The van der Waals surface area contributed by atoms with Crippen molar-refractivity contribution in [3.8, 4) is 0 Å². The molecule has 0 spiro atoms. The highest BCUT2D eigenvalue weighted by molar-refractivity contribution is 5.94. The average Bonchev–Trinajstić information content (AvgIpc) is 2.37. The van der Waals surface area contributed by atoms with E-state index in [-0.39, 0.29) is 11.4 Å². The van der Waals surface area contributed by atoms with Gasteiger partial charge in [0.25, 0.3) is 5.91 Å². The highest BCUT2D eigenvalue weighted by Crippen LogP contribution is 2.17. The SMILES string of the molecule is CN(C)c1ccc(C(=O)N(C)C(C)(C)CN)cc1. The van der Waals surface area contributed by atoms with Crippen molar-refractivity contribution < 1.29 is 4.79 Å². The molecule has 0 radical (unpaired) electrons. The fourth-order valence-corrected chi connectivity index (χ4v) is 1.51. The van der Waals surface area contributed by atoms with Crippen molar-refractivity contribution in [1.29, 1.82) is 0 Å². The minimum absolute atomic E-state index is 0.00393. The van der Waals surface area contributed by atoms with Crippen LogP contribution >= 0.6 is 0 Å². The molecule has 0 saturated carbocycles. The molecular formula is C14H23N3O. The van der Waals surface area contributed by atoms with Gasteiger partial charge in [0.05, 0.1) is 0 Å². The fraction of sp³-hybridized carbons (Fsp3) is 0.500. The summed E-state index contributed by atoms with van der Waals surface area (Å²) >= 11 is 0. The van der Waals surface area contributed by atoms with Crippen LogP contribution in [0.15, 0.2) is 24.3 Å². The molecule has 0 saturated heterocycles. The van der Waals surface area contributed by atoms with Crippen molar-refractivity contribution in [3.05, 3.63) is 29.8 Å². The Morgan fingerprint density at radius 3 is 2.06 bits per heavy atom. The van der Waals surface area contributed by atoms with Crippen LogP contribution in [0.3, 0.4) is 0 Å². The predicted molar refractivity (Wildman–Crippen MR) is 76.0 cm³/mol. The molecule has 4 heteroatoms. The number of rotatable bonds is 4. The van der Waals surface area contributed by atoms with E-state index in [0.717, 1.165) is 5.69 Å². The number of amides is 1. The molecule has 18 heavy (non-hydrogen) atoms. The highest BCUT2D eigenvalue weighted by Gasteiger charge is 2.26. The summed E-state index contributed by atoms with van der Waals surface area (Å²) in [6.07, 6.45) is 0. The summed E-state index contributed by atoms with van der Waals surface area (Å²) in [7, 11) is 5.73. The van der Waals surface area contributed by atoms with Crippen LogP contribution in [0.5, 0.6) is 0 Å². The predicted octanol–water partition coefficient (Wildman–Crippen LogP) is 1.56. The van der Waals surface area contributed by atoms with Gasteiger partial charge < -0.3 is 15.5 Å². The van der Waals surface area contributed by atoms with Crippen molar-refractivity contribution in [2.75, 3.05) is 32.6 Å². The maximum Gasteiger partial charge on any atom is 0.254 e. The Bertz CT molecular complexity index is 410. The molecule has 1 aromatic carbocycles. The van der Waals surface area contributed by atoms with Crippen LogP contribution < -0.4 is 10.6 Å². The lowest BCUT2D eigenvalue weighted by molar-refractivity contribution is 0.0640. The number of hydrogen-bond acceptors (Lipinski definition) is 3. The summed E-state index contributed by atoms with van der Waals surface area (Å²) in [5, 5.41) is 0. The van der Waals surface area contributed by atoms with Crippen molar-refractivity contribution in [1.82, 2.24) is 4.90 Å². The molecule has 0 bridgehead atoms. The summed E-state index contributed by atoms with van der Waals surface area (Å²) in [5.41, 5.74) is 7.11. The lowest BCUT2D eigenvalue weighted by Crippen LogP contribution is -2.50. The van der Waals surface area contributed by atoms with Crippen molar-refractivity contribution in [2.24, 2.45) is 5.73 Å². The van der Waals surface area contributed by atoms with Crippen LogP contribution in [-0.2, 0) is 0 Å². The lowest BCUT2D eigenvalue weighted by atomic mass is 10.0. The van der Waals surface area contributed by atoms with Crippen molar-refractivity contribution in [2.45, 2.75) is 19.4 Å². The summed E-state index contributed by atoms with van der Waals surface area (Å²) in [4.78, 5) is 16.0. The molecule has 0 aliphatic carbocycles. The zero-order valence-corrected chi connectivity index (χ0v) is 11.9. The second kappa shape index (κ2) is 5.40. The third-order valence-electron chi connectivity index (χ3n) is 3.34. The Balaban J connectivity index is 2.91. The summed E-state index contributed by atoms with van der Waals surface area (Å²) in [6.45, 7) is 4.35. The Morgan fingerprint density at radius 2 is 1.67 bits per heavy atom. The number of hydrogen-bond donors (Lipinski definition) is 1. The lowest BCUT2D eigenvalue weighted by Gasteiger charge is -2.34. The molecule has 1 rings (SSSR count). The van der Waals surface area contributed by atoms with Gasteiger partial charge in [-0.3, -0.25) is 4.79 Å². The van der Waals surface area contributed by atoms with Crippen LogP contribution in [0.2, 0.25) is 0 Å². The van der Waals surface area contributed by atoms with Gasteiger partial charge in [0.2, 0.25) is 0 Å². The first-order valence-electron chi connectivity index (χ1n) is 6.05. The standard InChI is InChI=1S/C14H23N3O/c1-14(2,10-15)17(5)13(18)11-6-8-12(9-7-11)16(3)4/h6-9H,10,15H2,1-5H3. The third-order valence-corrected chi connectivity index (χ3v) is 3.34. The van der Waals surface area contributed by atoms with Gasteiger partial charge in [-0.25, -0.2) is 0 Å². The molecule has 2 N–H and O–H groups in total. The monoisotopic (exact) mass is 249 g/mol. The maximum atomic E-state index is 12.3. The van der Waals surface area contributed by atoms with Crippen LogP contribution in [0.1, 0.15) is 24.2 Å². The zero-order valence-electron chi connectivity index (χ0n) is 11.9. The van der Waals surface area contributed by atoms with Gasteiger partial charge >= 0.3 is 0 Å². The second-order valence-corrected chi connectivity index (χ2v) is 5.32. The first-order chi connectivity index (χ1) is 8.29. The number of nitrogens with two attached hydrogens (primary N) is 1. The molecule has 0 unspecified atom stereocenters. The molecule has 0 aliphatic rings. The van der Waals surface area contributed by atoms with Gasteiger partial charge in [-0.05, 0) is 38.1 Å². The molecule has 0 fully saturated rings. The minimum atomic E-state index is -0.336.